The highest BCUT2D eigenvalue weighted by Gasteiger charge is 2.34. The lowest BCUT2D eigenvalue weighted by molar-refractivity contribution is -0.128. The molecular formula is C21H37NO. The summed E-state index contributed by atoms with van der Waals surface area (Å²) in [6, 6.07) is 0.227. The van der Waals surface area contributed by atoms with Crippen LogP contribution in [0.25, 0.3) is 0 Å². The van der Waals surface area contributed by atoms with Crippen molar-refractivity contribution in [3.63, 3.8) is 0 Å². The molecule has 0 saturated carbocycles. The van der Waals surface area contributed by atoms with E-state index in [9.17, 15) is 4.79 Å². The topological polar surface area (TPSA) is 20.3 Å². The van der Waals surface area contributed by atoms with Crippen LogP contribution < -0.4 is 0 Å². The van der Waals surface area contributed by atoms with Crippen molar-refractivity contribution >= 4 is 5.91 Å². The number of allylic oxidation sites excluding steroid dienone is 2. The van der Waals surface area contributed by atoms with Crippen molar-refractivity contribution in [1.82, 2.24) is 4.90 Å². The van der Waals surface area contributed by atoms with Gasteiger partial charge in [0, 0.05) is 18.2 Å². The van der Waals surface area contributed by atoms with Gasteiger partial charge in [-0.25, -0.2) is 0 Å². The Morgan fingerprint density at radius 2 is 1.09 bits per heavy atom. The van der Waals surface area contributed by atoms with Crippen LogP contribution >= 0.6 is 0 Å². The zero-order valence-electron chi connectivity index (χ0n) is 16.9. The summed E-state index contributed by atoms with van der Waals surface area (Å²) in [6.07, 6.45) is 0. The molecule has 0 bridgehead atoms. The first kappa shape index (κ1) is 20.0. The zero-order valence-corrected chi connectivity index (χ0v) is 16.9. The van der Waals surface area contributed by atoms with Gasteiger partial charge in [-0.3, -0.25) is 4.79 Å². The quantitative estimate of drug-likeness (QED) is 0.659. The molecule has 0 fully saturated rings. The summed E-state index contributed by atoms with van der Waals surface area (Å²) in [4.78, 5) is 15.4. The summed E-state index contributed by atoms with van der Waals surface area (Å²) in [5.74, 6) is 1.77. The van der Waals surface area contributed by atoms with Gasteiger partial charge in [-0.15, -0.1) is 0 Å². The van der Waals surface area contributed by atoms with E-state index in [1.807, 2.05) is 0 Å². The van der Waals surface area contributed by atoms with Gasteiger partial charge >= 0.3 is 0 Å². The molecular weight excluding hydrogens is 282 g/mol. The van der Waals surface area contributed by atoms with E-state index in [2.05, 4.69) is 74.1 Å². The van der Waals surface area contributed by atoms with Crippen molar-refractivity contribution in [1.29, 1.82) is 0 Å². The van der Waals surface area contributed by atoms with Crippen molar-refractivity contribution in [3.8, 4) is 0 Å². The second-order valence-electron chi connectivity index (χ2n) is 8.41. The van der Waals surface area contributed by atoms with E-state index in [-0.39, 0.29) is 17.9 Å². The highest BCUT2D eigenvalue weighted by Crippen LogP contribution is 2.39. The fourth-order valence-corrected chi connectivity index (χ4v) is 3.70. The predicted octanol–water partition coefficient (Wildman–Crippen LogP) is 5.45. The van der Waals surface area contributed by atoms with Crippen molar-refractivity contribution in [2.45, 2.75) is 75.3 Å². The standard InChI is InChI=1S/C21H37NO/c1-12(2)17-11-22(16(9)10)21(23)20(15(7)8)19(14(5)6)18(17)13(3)4/h12-16H,11H2,1-10H3. The van der Waals surface area contributed by atoms with Gasteiger partial charge in [0.15, 0.2) is 0 Å². The van der Waals surface area contributed by atoms with E-state index in [1.54, 1.807) is 0 Å². The number of hydrogen-bond acceptors (Lipinski definition) is 1. The average Bonchev–Trinajstić information content (AvgIpc) is 2.52. The third-order valence-corrected chi connectivity index (χ3v) is 4.81. The van der Waals surface area contributed by atoms with Crippen LogP contribution in [0, 0.1) is 23.7 Å². The lowest BCUT2D eigenvalue weighted by Crippen LogP contribution is -2.40. The highest BCUT2D eigenvalue weighted by molar-refractivity contribution is 5.96. The summed E-state index contributed by atoms with van der Waals surface area (Å²) < 4.78 is 0. The molecule has 2 heteroatoms. The maximum Gasteiger partial charge on any atom is 0.250 e. The Labute approximate surface area is 144 Å². The second kappa shape index (κ2) is 7.68. The van der Waals surface area contributed by atoms with E-state index in [4.69, 9.17) is 0 Å². The fraction of sp³-hybridized carbons (Fsp3) is 0.762. The summed E-state index contributed by atoms with van der Waals surface area (Å²) in [5, 5.41) is 0. The first-order chi connectivity index (χ1) is 10.5. The maximum absolute atomic E-state index is 13.3. The molecule has 23 heavy (non-hydrogen) atoms. The highest BCUT2D eigenvalue weighted by atomic mass is 16.2. The van der Waals surface area contributed by atoms with Gasteiger partial charge < -0.3 is 4.90 Å². The molecule has 1 heterocycles. The molecule has 0 unspecified atom stereocenters. The molecule has 1 aliphatic heterocycles. The fourth-order valence-electron chi connectivity index (χ4n) is 3.70. The van der Waals surface area contributed by atoms with Gasteiger partial charge in [-0.1, -0.05) is 55.4 Å². The van der Waals surface area contributed by atoms with Gasteiger partial charge in [-0.2, -0.15) is 0 Å². The minimum atomic E-state index is 0.227. The van der Waals surface area contributed by atoms with E-state index < -0.39 is 0 Å². The van der Waals surface area contributed by atoms with Crippen LogP contribution in [-0.4, -0.2) is 23.4 Å². The minimum absolute atomic E-state index is 0.227. The second-order valence-corrected chi connectivity index (χ2v) is 8.41. The number of rotatable bonds is 5. The van der Waals surface area contributed by atoms with Crippen molar-refractivity contribution in [2.75, 3.05) is 6.54 Å². The first-order valence-corrected chi connectivity index (χ1v) is 9.28. The van der Waals surface area contributed by atoms with Crippen LogP contribution in [0.4, 0.5) is 0 Å². The number of carbonyl (C=O) groups excluding carboxylic acids is 1. The molecule has 0 aromatic heterocycles. The summed E-state index contributed by atoms with van der Waals surface area (Å²) in [7, 11) is 0. The van der Waals surface area contributed by atoms with Crippen LogP contribution in [0.2, 0.25) is 0 Å². The molecule has 0 aromatic carbocycles. The average molecular weight is 320 g/mol. The lowest BCUT2D eigenvalue weighted by Gasteiger charge is -2.29. The molecule has 1 rings (SSSR count). The molecule has 0 aromatic rings. The van der Waals surface area contributed by atoms with Crippen molar-refractivity contribution < 1.29 is 4.79 Å². The van der Waals surface area contributed by atoms with E-state index in [0.717, 1.165) is 12.1 Å². The van der Waals surface area contributed by atoms with Crippen molar-refractivity contribution in [2.24, 2.45) is 23.7 Å². The molecule has 2 nitrogen and oxygen atoms in total. The van der Waals surface area contributed by atoms with Crippen LogP contribution in [-0.2, 0) is 4.79 Å². The van der Waals surface area contributed by atoms with Crippen LogP contribution in [0.3, 0.4) is 0 Å². The predicted molar refractivity (Wildman–Crippen MR) is 100 cm³/mol. The maximum atomic E-state index is 13.3. The molecule has 0 radical (unpaired) electrons. The minimum Gasteiger partial charge on any atom is -0.332 e. The monoisotopic (exact) mass is 319 g/mol. The number of amides is 1. The lowest BCUT2D eigenvalue weighted by atomic mass is 9.78. The van der Waals surface area contributed by atoms with Gasteiger partial charge in [0.1, 0.15) is 0 Å². The smallest absolute Gasteiger partial charge is 0.250 e. The normalized spacial score (nSPS) is 17.7. The summed E-state index contributed by atoms with van der Waals surface area (Å²) in [5.41, 5.74) is 5.23. The number of nitrogens with zero attached hydrogens (tertiary/aromatic N) is 1. The van der Waals surface area contributed by atoms with Crippen LogP contribution in [0.5, 0.6) is 0 Å². The van der Waals surface area contributed by atoms with Gasteiger partial charge in [-0.05, 0) is 54.2 Å². The van der Waals surface area contributed by atoms with Crippen LogP contribution in [0.1, 0.15) is 69.2 Å². The van der Waals surface area contributed by atoms with Crippen molar-refractivity contribution in [3.05, 3.63) is 22.3 Å². The number of hydrogen-bond donors (Lipinski definition) is 0. The Hall–Kier alpha value is -1.05. The Kier molecular flexibility index (Phi) is 6.68. The summed E-state index contributed by atoms with van der Waals surface area (Å²) in [6.45, 7) is 22.9. The first-order valence-electron chi connectivity index (χ1n) is 9.28. The van der Waals surface area contributed by atoms with E-state index in [0.29, 0.717) is 17.8 Å². The van der Waals surface area contributed by atoms with Gasteiger partial charge in [0.2, 0.25) is 0 Å². The molecule has 1 amide bonds. The molecule has 0 N–H and O–H groups in total. The molecule has 0 aliphatic carbocycles. The van der Waals surface area contributed by atoms with E-state index >= 15 is 0 Å². The Bertz CT molecular complexity index is 504. The Balaban J connectivity index is 3.83. The molecule has 0 atom stereocenters. The van der Waals surface area contributed by atoms with Gasteiger partial charge in [0.05, 0.1) is 0 Å². The molecule has 0 saturated heterocycles. The third kappa shape index (κ3) is 4.08. The molecule has 1 aliphatic rings. The Morgan fingerprint density at radius 3 is 1.39 bits per heavy atom. The SMILES string of the molecule is CC(C)C1=C(C(C)C)C(C(C)C)=C(C(C)C)C(=O)N(C(C)C)C1. The van der Waals surface area contributed by atoms with Gasteiger partial charge in [0.25, 0.3) is 5.91 Å². The molecule has 132 valence electrons. The Morgan fingerprint density at radius 1 is 0.652 bits per heavy atom. The van der Waals surface area contributed by atoms with E-state index in [1.165, 1.54) is 16.7 Å². The summed E-state index contributed by atoms with van der Waals surface area (Å²) >= 11 is 0. The third-order valence-electron chi connectivity index (χ3n) is 4.81. The zero-order chi connectivity index (χ0) is 18.1. The number of carbonyl (C=O) groups is 1. The largest absolute Gasteiger partial charge is 0.332 e. The molecule has 0 spiro atoms. The van der Waals surface area contributed by atoms with Crippen LogP contribution in [0.15, 0.2) is 22.3 Å².